The molecule has 2 aromatic rings. The molecule has 5 nitrogen and oxygen atoms in total. The molecule has 19 heavy (non-hydrogen) atoms. The number of anilines is 1. The number of aromatic nitrogens is 2. The summed E-state index contributed by atoms with van der Waals surface area (Å²) < 4.78 is 26.7. The molecule has 0 aliphatic heterocycles. The molecule has 1 N–H and O–H groups in total. The van der Waals surface area contributed by atoms with Crippen molar-refractivity contribution < 1.29 is 8.42 Å². The lowest BCUT2D eigenvalue weighted by Crippen LogP contribution is -2.15. The number of nitrogens with zero attached hydrogens (tertiary/aromatic N) is 2. The van der Waals surface area contributed by atoms with Crippen LogP contribution in [0.15, 0.2) is 35.2 Å². The van der Waals surface area contributed by atoms with E-state index < -0.39 is 10.0 Å². The molecule has 1 heterocycles. The van der Waals surface area contributed by atoms with Gasteiger partial charge in [0.2, 0.25) is 5.95 Å². The van der Waals surface area contributed by atoms with Crippen molar-refractivity contribution in [1.82, 2.24) is 9.97 Å². The topological polar surface area (TPSA) is 72.0 Å². The van der Waals surface area contributed by atoms with E-state index in [1.54, 1.807) is 44.2 Å². The van der Waals surface area contributed by atoms with Gasteiger partial charge in [0.15, 0.2) is 0 Å². The Morgan fingerprint density at radius 3 is 2.00 bits per heavy atom. The fourth-order valence-corrected chi connectivity index (χ4v) is 2.61. The van der Waals surface area contributed by atoms with Gasteiger partial charge >= 0.3 is 0 Å². The average Bonchev–Trinajstić information content (AvgIpc) is 2.27. The zero-order chi connectivity index (χ0) is 14.0. The largest absolute Gasteiger partial charge is 0.264 e. The molecule has 0 saturated heterocycles. The highest BCUT2D eigenvalue weighted by atomic mass is 32.2. The summed E-state index contributed by atoms with van der Waals surface area (Å²) in [6.45, 7) is 5.48. The first-order chi connectivity index (χ1) is 8.87. The smallest absolute Gasteiger partial charge is 0.247 e. The third-order valence-corrected chi connectivity index (χ3v) is 3.88. The predicted molar refractivity (Wildman–Crippen MR) is 73.5 cm³/mol. The van der Waals surface area contributed by atoms with Crippen LogP contribution in [0, 0.1) is 20.8 Å². The van der Waals surface area contributed by atoms with Crippen LogP contribution < -0.4 is 4.72 Å². The van der Waals surface area contributed by atoms with Crippen molar-refractivity contribution in [3.8, 4) is 0 Å². The summed E-state index contributed by atoms with van der Waals surface area (Å²) in [5, 5.41) is 0. The second kappa shape index (κ2) is 4.97. The molecule has 0 aliphatic carbocycles. The first-order valence-electron chi connectivity index (χ1n) is 5.78. The number of benzene rings is 1. The van der Waals surface area contributed by atoms with Crippen molar-refractivity contribution in [3.63, 3.8) is 0 Å². The molecule has 0 spiro atoms. The van der Waals surface area contributed by atoms with Crippen LogP contribution in [-0.2, 0) is 10.0 Å². The summed E-state index contributed by atoms with van der Waals surface area (Å²) in [4.78, 5) is 8.32. The monoisotopic (exact) mass is 277 g/mol. The maximum absolute atomic E-state index is 12.1. The third kappa shape index (κ3) is 3.29. The highest BCUT2D eigenvalue weighted by Crippen LogP contribution is 2.14. The fourth-order valence-electron chi connectivity index (χ4n) is 1.67. The van der Waals surface area contributed by atoms with E-state index in [1.165, 1.54) is 0 Å². The van der Waals surface area contributed by atoms with Crippen LogP contribution in [0.5, 0.6) is 0 Å². The molecule has 2 rings (SSSR count). The number of rotatable bonds is 3. The number of hydrogen-bond donors (Lipinski definition) is 1. The fraction of sp³-hybridized carbons (Fsp3) is 0.231. The van der Waals surface area contributed by atoms with Gasteiger partial charge in [-0.2, -0.15) is 0 Å². The molecule has 0 fully saturated rings. The Balaban J connectivity index is 2.33. The molecule has 0 amide bonds. The minimum Gasteiger partial charge on any atom is -0.247 e. The maximum Gasteiger partial charge on any atom is 0.264 e. The molecule has 1 aromatic carbocycles. The molecular weight excluding hydrogens is 262 g/mol. The van der Waals surface area contributed by atoms with Gasteiger partial charge in [-0.05, 0) is 39.0 Å². The number of sulfonamides is 1. The SMILES string of the molecule is Cc1ccc(S(=O)(=O)Nc2nc(C)cc(C)n2)cc1. The average molecular weight is 277 g/mol. The number of nitrogens with one attached hydrogen (secondary N) is 1. The predicted octanol–water partition coefficient (Wildman–Crippen LogP) is 2.20. The normalized spacial score (nSPS) is 11.3. The Labute approximate surface area is 112 Å². The van der Waals surface area contributed by atoms with Crippen LogP contribution in [0.2, 0.25) is 0 Å². The van der Waals surface area contributed by atoms with E-state index in [4.69, 9.17) is 0 Å². The summed E-state index contributed by atoms with van der Waals surface area (Å²) in [6, 6.07) is 8.39. The lowest BCUT2D eigenvalue weighted by Gasteiger charge is -2.08. The molecule has 0 aliphatic rings. The van der Waals surface area contributed by atoms with Crippen molar-refractivity contribution in [2.24, 2.45) is 0 Å². The van der Waals surface area contributed by atoms with Crippen molar-refractivity contribution >= 4 is 16.0 Å². The second-order valence-corrected chi connectivity index (χ2v) is 6.08. The molecule has 0 radical (unpaired) electrons. The molecule has 0 bridgehead atoms. The van der Waals surface area contributed by atoms with Crippen molar-refractivity contribution in [2.45, 2.75) is 25.7 Å². The second-order valence-electron chi connectivity index (χ2n) is 4.39. The van der Waals surface area contributed by atoms with Gasteiger partial charge in [0, 0.05) is 11.4 Å². The highest BCUT2D eigenvalue weighted by molar-refractivity contribution is 7.92. The van der Waals surface area contributed by atoms with Crippen LogP contribution in [0.3, 0.4) is 0 Å². The first kappa shape index (κ1) is 13.5. The Hall–Kier alpha value is -1.95. The van der Waals surface area contributed by atoms with Crippen LogP contribution in [0.25, 0.3) is 0 Å². The van der Waals surface area contributed by atoms with E-state index >= 15 is 0 Å². The maximum atomic E-state index is 12.1. The van der Waals surface area contributed by atoms with E-state index in [1.807, 2.05) is 6.92 Å². The van der Waals surface area contributed by atoms with Gasteiger partial charge in [0.05, 0.1) is 4.90 Å². The van der Waals surface area contributed by atoms with Gasteiger partial charge in [-0.1, -0.05) is 17.7 Å². The molecule has 6 heteroatoms. The van der Waals surface area contributed by atoms with Crippen molar-refractivity contribution in [2.75, 3.05) is 4.72 Å². The number of aryl methyl sites for hydroxylation is 3. The van der Waals surface area contributed by atoms with Crippen LogP contribution in [0.4, 0.5) is 5.95 Å². The van der Waals surface area contributed by atoms with Crippen LogP contribution in [-0.4, -0.2) is 18.4 Å². The molecule has 1 aromatic heterocycles. The third-order valence-electron chi connectivity index (χ3n) is 2.54. The van der Waals surface area contributed by atoms with Gasteiger partial charge in [-0.25, -0.2) is 23.1 Å². The Morgan fingerprint density at radius 1 is 0.947 bits per heavy atom. The first-order valence-corrected chi connectivity index (χ1v) is 7.27. The minimum absolute atomic E-state index is 0.0954. The van der Waals surface area contributed by atoms with Crippen LogP contribution in [0.1, 0.15) is 17.0 Å². The van der Waals surface area contributed by atoms with E-state index in [0.29, 0.717) is 11.4 Å². The van der Waals surface area contributed by atoms with Gasteiger partial charge in [-0.15, -0.1) is 0 Å². The van der Waals surface area contributed by atoms with E-state index in [2.05, 4.69) is 14.7 Å². The quantitative estimate of drug-likeness (QED) is 0.933. The summed E-state index contributed by atoms with van der Waals surface area (Å²) in [5.74, 6) is 0.0954. The van der Waals surface area contributed by atoms with Crippen molar-refractivity contribution in [1.29, 1.82) is 0 Å². The van der Waals surface area contributed by atoms with E-state index in [9.17, 15) is 8.42 Å². The number of hydrogen-bond acceptors (Lipinski definition) is 4. The van der Waals surface area contributed by atoms with E-state index in [0.717, 1.165) is 5.56 Å². The summed E-state index contributed by atoms with van der Waals surface area (Å²) >= 11 is 0. The lowest BCUT2D eigenvalue weighted by molar-refractivity contribution is 0.600. The van der Waals surface area contributed by atoms with Crippen molar-refractivity contribution in [3.05, 3.63) is 47.3 Å². The Morgan fingerprint density at radius 2 is 1.47 bits per heavy atom. The zero-order valence-electron chi connectivity index (χ0n) is 11.0. The standard InChI is InChI=1S/C13H15N3O2S/c1-9-4-6-12(7-5-9)19(17,18)16-13-14-10(2)8-11(3)15-13/h4-8H,1-3H3,(H,14,15,16). The summed E-state index contributed by atoms with van der Waals surface area (Å²) in [7, 11) is -3.64. The minimum atomic E-state index is -3.64. The molecule has 0 unspecified atom stereocenters. The lowest BCUT2D eigenvalue weighted by atomic mass is 10.2. The molecule has 0 saturated carbocycles. The Bertz CT molecular complexity index is 674. The van der Waals surface area contributed by atoms with E-state index in [-0.39, 0.29) is 10.8 Å². The van der Waals surface area contributed by atoms with Gasteiger partial charge < -0.3 is 0 Å². The molecule has 100 valence electrons. The van der Waals surface area contributed by atoms with Crippen LogP contribution >= 0.6 is 0 Å². The van der Waals surface area contributed by atoms with Gasteiger partial charge in [0.25, 0.3) is 10.0 Å². The highest BCUT2D eigenvalue weighted by Gasteiger charge is 2.15. The molecular formula is C13H15N3O2S. The zero-order valence-corrected chi connectivity index (χ0v) is 11.8. The summed E-state index contributed by atoms with van der Waals surface area (Å²) in [5.41, 5.74) is 2.44. The molecule has 0 atom stereocenters. The van der Waals surface area contributed by atoms with Gasteiger partial charge in [-0.3, -0.25) is 0 Å². The Kier molecular flexibility index (Phi) is 3.53. The van der Waals surface area contributed by atoms with Gasteiger partial charge in [0.1, 0.15) is 0 Å². The summed E-state index contributed by atoms with van der Waals surface area (Å²) in [6.07, 6.45) is 0.